The molecular weight excluding hydrogens is 307 g/mol. The third-order valence-corrected chi connectivity index (χ3v) is 4.44. The SMILES string of the molecule is CC(C)S(=O)(=O)Nc1nc(C(F)(F)F)nc2ccccc12. The number of nitrogens with one attached hydrogen (secondary N) is 1. The molecule has 9 heteroatoms. The highest BCUT2D eigenvalue weighted by atomic mass is 32.2. The molecule has 2 aromatic rings. The van der Waals surface area contributed by atoms with Crippen LogP contribution in [0.2, 0.25) is 0 Å². The zero-order valence-electron chi connectivity index (χ0n) is 11.1. The summed E-state index contributed by atoms with van der Waals surface area (Å²) in [6.07, 6.45) is -4.76. The Kier molecular flexibility index (Phi) is 3.79. The molecule has 5 nitrogen and oxygen atoms in total. The molecule has 0 spiro atoms. The number of hydrogen-bond acceptors (Lipinski definition) is 4. The van der Waals surface area contributed by atoms with Gasteiger partial charge in [-0.3, -0.25) is 4.72 Å². The van der Waals surface area contributed by atoms with Gasteiger partial charge in [-0.2, -0.15) is 13.2 Å². The van der Waals surface area contributed by atoms with Crippen molar-refractivity contribution in [3.8, 4) is 0 Å². The fourth-order valence-corrected chi connectivity index (χ4v) is 2.19. The summed E-state index contributed by atoms with van der Waals surface area (Å²) in [6, 6.07) is 5.88. The minimum Gasteiger partial charge on any atom is -0.266 e. The number of alkyl halides is 3. The summed E-state index contributed by atoms with van der Waals surface area (Å²) in [5.74, 6) is -1.76. The highest BCUT2D eigenvalue weighted by Crippen LogP contribution is 2.30. The van der Waals surface area contributed by atoms with Crippen LogP contribution in [0.5, 0.6) is 0 Å². The molecule has 1 heterocycles. The Morgan fingerprint density at radius 2 is 1.76 bits per heavy atom. The molecule has 114 valence electrons. The molecule has 0 saturated carbocycles. The van der Waals surface area contributed by atoms with E-state index in [1.807, 2.05) is 0 Å². The lowest BCUT2D eigenvalue weighted by Gasteiger charge is -2.14. The van der Waals surface area contributed by atoms with Crippen LogP contribution in [0.4, 0.5) is 19.0 Å². The van der Waals surface area contributed by atoms with Gasteiger partial charge < -0.3 is 0 Å². The number of hydrogen-bond donors (Lipinski definition) is 1. The van der Waals surface area contributed by atoms with Crippen LogP contribution in [0, 0.1) is 0 Å². The van der Waals surface area contributed by atoms with Crippen molar-refractivity contribution in [3.05, 3.63) is 30.1 Å². The molecule has 0 aliphatic carbocycles. The topological polar surface area (TPSA) is 72.0 Å². The van der Waals surface area contributed by atoms with Gasteiger partial charge in [-0.25, -0.2) is 18.4 Å². The largest absolute Gasteiger partial charge is 0.451 e. The maximum atomic E-state index is 12.8. The number of aromatic nitrogens is 2. The van der Waals surface area contributed by atoms with Gasteiger partial charge in [0, 0.05) is 5.39 Å². The second kappa shape index (κ2) is 5.14. The molecule has 0 amide bonds. The molecule has 0 fully saturated rings. The van der Waals surface area contributed by atoms with E-state index in [1.165, 1.54) is 32.0 Å². The fraction of sp³-hybridized carbons (Fsp3) is 0.333. The number of benzene rings is 1. The lowest BCUT2D eigenvalue weighted by atomic mass is 10.2. The van der Waals surface area contributed by atoms with Crippen molar-refractivity contribution >= 4 is 26.7 Å². The second-order valence-corrected chi connectivity index (χ2v) is 6.84. The van der Waals surface area contributed by atoms with Crippen molar-refractivity contribution in [2.75, 3.05) is 4.72 Å². The summed E-state index contributed by atoms with van der Waals surface area (Å²) in [4.78, 5) is 6.72. The minimum absolute atomic E-state index is 0.0151. The van der Waals surface area contributed by atoms with Crippen molar-refractivity contribution in [2.45, 2.75) is 25.3 Å². The Bertz CT molecular complexity index is 773. The van der Waals surface area contributed by atoms with Crippen LogP contribution in [0.1, 0.15) is 19.7 Å². The van der Waals surface area contributed by atoms with Gasteiger partial charge in [0.05, 0.1) is 10.8 Å². The lowest BCUT2D eigenvalue weighted by Crippen LogP contribution is -2.24. The molecule has 2 rings (SSSR count). The monoisotopic (exact) mass is 319 g/mol. The molecule has 1 aromatic heterocycles. The van der Waals surface area contributed by atoms with Crippen LogP contribution in [-0.2, 0) is 16.2 Å². The number of sulfonamides is 1. The van der Waals surface area contributed by atoms with Crippen molar-refractivity contribution in [1.82, 2.24) is 9.97 Å². The number of nitrogens with zero attached hydrogens (tertiary/aromatic N) is 2. The van der Waals surface area contributed by atoms with Crippen LogP contribution < -0.4 is 4.72 Å². The zero-order valence-corrected chi connectivity index (χ0v) is 12.0. The molecule has 0 atom stereocenters. The van der Waals surface area contributed by atoms with E-state index in [4.69, 9.17) is 0 Å². The van der Waals surface area contributed by atoms with Gasteiger partial charge in [-0.1, -0.05) is 12.1 Å². The number of anilines is 1. The quantitative estimate of drug-likeness (QED) is 0.944. The summed E-state index contributed by atoms with van der Waals surface area (Å²) in [5, 5.41) is -0.602. The molecule has 1 N–H and O–H groups in total. The summed E-state index contributed by atoms with van der Waals surface area (Å²) in [6.45, 7) is 2.83. The third kappa shape index (κ3) is 3.23. The Labute approximate surface area is 119 Å². The molecule has 0 aliphatic rings. The predicted molar refractivity (Wildman–Crippen MR) is 72.2 cm³/mol. The van der Waals surface area contributed by atoms with E-state index in [9.17, 15) is 21.6 Å². The van der Waals surface area contributed by atoms with Crippen LogP contribution in [0.25, 0.3) is 10.9 Å². The first-order valence-corrected chi connectivity index (χ1v) is 7.51. The molecule has 21 heavy (non-hydrogen) atoms. The maximum Gasteiger partial charge on any atom is 0.451 e. The Morgan fingerprint density at radius 3 is 2.33 bits per heavy atom. The Hall–Kier alpha value is -1.90. The third-order valence-electron chi connectivity index (χ3n) is 2.72. The molecular formula is C12H12F3N3O2S. The normalized spacial score (nSPS) is 12.9. The van der Waals surface area contributed by atoms with Crippen molar-refractivity contribution < 1.29 is 21.6 Å². The zero-order chi connectivity index (χ0) is 15.8. The standard InChI is InChI=1S/C12H12F3N3O2S/c1-7(2)21(19,20)18-10-8-5-3-4-6-9(8)16-11(17-10)12(13,14)15/h3-7H,1-2H3,(H,16,17,18). The van der Waals surface area contributed by atoms with Crippen LogP contribution in [0.3, 0.4) is 0 Å². The highest BCUT2D eigenvalue weighted by Gasteiger charge is 2.36. The van der Waals surface area contributed by atoms with E-state index in [-0.39, 0.29) is 16.7 Å². The molecule has 0 aliphatic heterocycles. The van der Waals surface area contributed by atoms with Crippen molar-refractivity contribution in [3.63, 3.8) is 0 Å². The predicted octanol–water partition coefficient (Wildman–Crippen LogP) is 2.80. The lowest BCUT2D eigenvalue weighted by molar-refractivity contribution is -0.144. The average Bonchev–Trinajstić information content (AvgIpc) is 2.37. The van der Waals surface area contributed by atoms with E-state index in [0.29, 0.717) is 0 Å². The van der Waals surface area contributed by atoms with Crippen molar-refractivity contribution in [2.24, 2.45) is 0 Å². The fourth-order valence-electron chi connectivity index (χ4n) is 1.53. The summed E-state index contributed by atoms with van der Waals surface area (Å²) in [5.41, 5.74) is 0.0151. The highest BCUT2D eigenvalue weighted by molar-refractivity contribution is 7.93. The van der Waals surface area contributed by atoms with Crippen LogP contribution >= 0.6 is 0 Å². The summed E-state index contributed by atoms with van der Waals surface area (Å²) >= 11 is 0. The number of halogens is 3. The average molecular weight is 319 g/mol. The molecule has 1 aromatic carbocycles. The van der Waals surface area contributed by atoms with E-state index < -0.39 is 27.3 Å². The molecule has 0 bridgehead atoms. The summed E-state index contributed by atoms with van der Waals surface area (Å²) < 4.78 is 64.2. The van der Waals surface area contributed by atoms with Gasteiger partial charge in [0.25, 0.3) is 0 Å². The van der Waals surface area contributed by atoms with Crippen LogP contribution in [0.15, 0.2) is 24.3 Å². The Balaban J connectivity index is 2.66. The van der Waals surface area contributed by atoms with E-state index in [1.54, 1.807) is 6.07 Å². The molecule has 0 unspecified atom stereocenters. The van der Waals surface area contributed by atoms with Gasteiger partial charge in [0.1, 0.15) is 0 Å². The first-order chi connectivity index (χ1) is 9.61. The van der Waals surface area contributed by atoms with E-state index >= 15 is 0 Å². The second-order valence-electron chi connectivity index (χ2n) is 4.61. The van der Waals surface area contributed by atoms with Gasteiger partial charge in [-0.15, -0.1) is 0 Å². The molecule has 0 radical (unpaired) electrons. The smallest absolute Gasteiger partial charge is 0.266 e. The van der Waals surface area contributed by atoms with Gasteiger partial charge in [0.2, 0.25) is 15.8 Å². The van der Waals surface area contributed by atoms with Crippen LogP contribution in [-0.4, -0.2) is 23.6 Å². The van der Waals surface area contributed by atoms with Gasteiger partial charge >= 0.3 is 6.18 Å². The number of fused-ring (bicyclic) bond motifs is 1. The maximum absolute atomic E-state index is 12.8. The van der Waals surface area contributed by atoms with E-state index in [0.717, 1.165) is 0 Å². The van der Waals surface area contributed by atoms with E-state index in [2.05, 4.69) is 14.7 Å². The van der Waals surface area contributed by atoms with Gasteiger partial charge in [0.15, 0.2) is 5.82 Å². The Morgan fingerprint density at radius 1 is 1.14 bits per heavy atom. The van der Waals surface area contributed by atoms with Crippen molar-refractivity contribution in [1.29, 1.82) is 0 Å². The summed E-state index contributed by atoms with van der Waals surface area (Å²) in [7, 11) is -3.81. The first kappa shape index (κ1) is 15.5. The first-order valence-electron chi connectivity index (χ1n) is 5.97. The van der Waals surface area contributed by atoms with Gasteiger partial charge in [-0.05, 0) is 26.0 Å². The minimum atomic E-state index is -4.76. The number of para-hydroxylation sites is 1. The molecule has 0 saturated heterocycles. The number of rotatable bonds is 3.